The number of aromatic nitrogens is 4. The van der Waals surface area contributed by atoms with Crippen molar-refractivity contribution in [3.05, 3.63) is 106 Å². The minimum Gasteiger partial charge on any atom is -0.480 e. The van der Waals surface area contributed by atoms with Crippen molar-refractivity contribution >= 4 is 44.5 Å². The molecule has 0 radical (unpaired) electrons. The molecule has 0 saturated carbocycles. The third-order valence-corrected chi connectivity index (χ3v) is 6.82. The Morgan fingerprint density at radius 3 is 2.30 bits per heavy atom. The van der Waals surface area contributed by atoms with Crippen LogP contribution in [0.2, 0.25) is 0 Å². The number of para-hydroxylation sites is 1. The molecule has 8 nitrogen and oxygen atoms in total. The molecule has 5 aromatic rings. The molecular weight excluding hydrogens is 534 g/mol. The Bertz CT molecular complexity index is 1670. The molecule has 1 aliphatic rings. The Kier molecular flexibility index (Phi) is 5.57. The molecule has 0 fully saturated rings. The van der Waals surface area contributed by atoms with Crippen LogP contribution in [0.25, 0.3) is 16.6 Å². The van der Waals surface area contributed by atoms with Gasteiger partial charge in [-0.05, 0) is 66.2 Å². The Hall–Kier alpha value is -4.37. The van der Waals surface area contributed by atoms with Crippen LogP contribution in [-0.2, 0) is 0 Å². The SMILES string of the molecule is Cc1c(O[C@@H](C)c2nc(Br)ccc2-n2cccn2)c(N2C(=O)c3ccccc3C2=O)nc2ccccc12. The molecule has 1 atom stereocenters. The molecule has 0 bridgehead atoms. The summed E-state index contributed by atoms with van der Waals surface area (Å²) < 4.78 is 8.89. The molecule has 4 heterocycles. The Balaban J connectivity index is 1.50. The predicted octanol–water partition coefficient (Wildman–Crippen LogP) is 5.83. The van der Waals surface area contributed by atoms with E-state index in [0.29, 0.717) is 32.7 Å². The van der Waals surface area contributed by atoms with Crippen molar-refractivity contribution in [2.45, 2.75) is 20.0 Å². The average Bonchev–Trinajstić information content (AvgIpc) is 3.53. The number of ether oxygens (including phenoxy) is 1. The molecule has 182 valence electrons. The molecular formula is C28H20BrN5O3. The quantitative estimate of drug-likeness (QED) is 0.201. The van der Waals surface area contributed by atoms with Crippen LogP contribution in [0.5, 0.6) is 5.75 Å². The molecule has 0 spiro atoms. The summed E-state index contributed by atoms with van der Waals surface area (Å²) in [6, 6.07) is 19.9. The van der Waals surface area contributed by atoms with E-state index in [0.717, 1.165) is 21.5 Å². The van der Waals surface area contributed by atoms with Gasteiger partial charge in [0, 0.05) is 23.3 Å². The first kappa shape index (κ1) is 23.1. The first-order chi connectivity index (χ1) is 17.9. The Labute approximate surface area is 220 Å². The van der Waals surface area contributed by atoms with Gasteiger partial charge in [-0.25, -0.2) is 19.5 Å². The van der Waals surface area contributed by atoms with Crippen molar-refractivity contribution < 1.29 is 14.3 Å². The summed E-state index contributed by atoms with van der Waals surface area (Å²) in [5.74, 6) is -0.366. The van der Waals surface area contributed by atoms with Crippen LogP contribution in [0.1, 0.15) is 45.0 Å². The lowest BCUT2D eigenvalue weighted by Gasteiger charge is -2.24. The zero-order chi connectivity index (χ0) is 25.7. The van der Waals surface area contributed by atoms with E-state index in [4.69, 9.17) is 9.72 Å². The normalized spacial score (nSPS) is 13.8. The molecule has 0 aliphatic carbocycles. The van der Waals surface area contributed by atoms with Gasteiger partial charge in [0.1, 0.15) is 16.4 Å². The van der Waals surface area contributed by atoms with E-state index in [9.17, 15) is 9.59 Å². The van der Waals surface area contributed by atoms with Crippen LogP contribution >= 0.6 is 15.9 Å². The maximum absolute atomic E-state index is 13.4. The van der Waals surface area contributed by atoms with E-state index < -0.39 is 17.9 Å². The number of benzene rings is 2. The third kappa shape index (κ3) is 3.79. The van der Waals surface area contributed by atoms with Crippen molar-refractivity contribution in [3.63, 3.8) is 0 Å². The van der Waals surface area contributed by atoms with E-state index >= 15 is 0 Å². The van der Waals surface area contributed by atoms with Gasteiger partial charge in [0.2, 0.25) is 0 Å². The molecule has 6 rings (SSSR count). The number of fused-ring (bicyclic) bond motifs is 2. The molecule has 2 amide bonds. The first-order valence-electron chi connectivity index (χ1n) is 11.6. The van der Waals surface area contributed by atoms with E-state index in [1.165, 1.54) is 0 Å². The van der Waals surface area contributed by atoms with E-state index in [1.54, 1.807) is 35.1 Å². The highest BCUT2D eigenvalue weighted by atomic mass is 79.9. The van der Waals surface area contributed by atoms with Gasteiger partial charge in [-0.2, -0.15) is 5.10 Å². The van der Waals surface area contributed by atoms with E-state index in [-0.39, 0.29) is 5.82 Å². The average molecular weight is 554 g/mol. The Morgan fingerprint density at radius 2 is 1.59 bits per heavy atom. The number of rotatable bonds is 5. The number of pyridine rings is 2. The van der Waals surface area contributed by atoms with Gasteiger partial charge in [-0.15, -0.1) is 0 Å². The zero-order valence-electron chi connectivity index (χ0n) is 19.9. The largest absolute Gasteiger partial charge is 0.480 e. The van der Waals surface area contributed by atoms with Crippen LogP contribution in [0.3, 0.4) is 0 Å². The highest BCUT2D eigenvalue weighted by molar-refractivity contribution is 9.10. The summed E-state index contributed by atoms with van der Waals surface area (Å²) in [5.41, 5.74) is 3.47. The fraction of sp³-hybridized carbons (Fsp3) is 0.107. The lowest BCUT2D eigenvalue weighted by Crippen LogP contribution is -2.31. The number of anilines is 1. The fourth-order valence-corrected chi connectivity index (χ4v) is 4.92. The second kappa shape index (κ2) is 8.94. The van der Waals surface area contributed by atoms with Crippen LogP contribution in [0.4, 0.5) is 5.82 Å². The molecule has 2 aromatic carbocycles. The van der Waals surface area contributed by atoms with Crippen molar-refractivity contribution in [1.82, 2.24) is 19.7 Å². The van der Waals surface area contributed by atoms with Crippen molar-refractivity contribution in [2.24, 2.45) is 0 Å². The van der Waals surface area contributed by atoms with Crippen LogP contribution in [0, 0.1) is 6.92 Å². The standard InChI is InChI=1S/C28H20BrN5O3/c1-16-18-8-5-6-11-21(18)31-26(34-27(35)19-9-3-4-10-20(19)28(34)36)25(16)37-17(2)24-22(12-13-23(29)32-24)33-15-7-14-30-33/h3-15,17H,1-2H3/t17-/m0/s1. The minimum absolute atomic E-state index is 0.157. The maximum Gasteiger partial charge on any atom is 0.267 e. The fourth-order valence-electron chi connectivity index (χ4n) is 4.60. The zero-order valence-corrected chi connectivity index (χ0v) is 21.5. The Morgan fingerprint density at radius 1 is 0.892 bits per heavy atom. The van der Waals surface area contributed by atoms with Crippen molar-refractivity contribution in [2.75, 3.05) is 4.90 Å². The number of imide groups is 1. The highest BCUT2D eigenvalue weighted by Gasteiger charge is 2.40. The number of amides is 2. The second-order valence-corrected chi connectivity index (χ2v) is 9.46. The monoisotopic (exact) mass is 553 g/mol. The number of carbonyl (C=O) groups is 2. The number of nitrogens with zero attached hydrogens (tertiary/aromatic N) is 5. The van der Waals surface area contributed by atoms with Crippen molar-refractivity contribution in [3.8, 4) is 11.4 Å². The molecule has 3 aromatic heterocycles. The van der Waals surface area contributed by atoms with Gasteiger partial charge in [0.05, 0.1) is 22.3 Å². The summed E-state index contributed by atoms with van der Waals surface area (Å²) in [4.78, 5) is 37.3. The summed E-state index contributed by atoms with van der Waals surface area (Å²) in [6.45, 7) is 3.76. The van der Waals surface area contributed by atoms with Crippen molar-refractivity contribution in [1.29, 1.82) is 0 Å². The predicted molar refractivity (Wildman–Crippen MR) is 142 cm³/mol. The summed E-state index contributed by atoms with van der Waals surface area (Å²) >= 11 is 3.45. The number of halogens is 1. The highest BCUT2D eigenvalue weighted by Crippen LogP contribution is 2.41. The molecule has 37 heavy (non-hydrogen) atoms. The number of aryl methyl sites for hydroxylation is 1. The molecule has 9 heteroatoms. The van der Waals surface area contributed by atoms with Gasteiger partial charge < -0.3 is 4.74 Å². The molecule has 0 unspecified atom stereocenters. The molecule has 1 aliphatic heterocycles. The number of hydrogen-bond acceptors (Lipinski definition) is 6. The second-order valence-electron chi connectivity index (χ2n) is 8.65. The lowest BCUT2D eigenvalue weighted by atomic mass is 10.1. The minimum atomic E-state index is -0.577. The van der Waals surface area contributed by atoms with Gasteiger partial charge in [0.25, 0.3) is 11.8 Å². The third-order valence-electron chi connectivity index (χ3n) is 6.38. The van der Waals surface area contributed by atoms with E-state index in [2.05, 4.69) is 26.0 Å². The maximum atomic E-state index is 13.4. The van der Waals surface area contributed by atoms with Gasteiger partial charge in [0.15, 0.2) is 11.6 Å². The first-order valence-corrected chi connectivity index (χ1v) is 12.4. The van der Waals surface area contributed by atoms with E-state index in [1.807, 2.05) is 62.5 Å². The van der Waals surface area contributed by atoms with Gasteiger partial charge in [-0.3, -0.25) is 9.59 Å². The topological polar surface area (TPSA) is 90.2 Å². The molecule has 0 N–H and O–H groups in total. The number of hydrogen-bond donors (Lipinski definition) is 0. The smallest absolute Gasteiger partial charge is 0.267 e. The number of carbonyl (C=O) groups excluding carboxylic acids is 2. The summed E-state index contributed by atoms with van der Waals surface area (Å²) in [5, 5.41) is 5.20. The van der Waals surface area contributed by atoms with Gasteiger partial charge >= 0.3 is 0 Å². The van der Waals surface area contributed by atoms with Crippen LogP contribution in [0.15, 0.2) is 83.7 Å². The summed E-state index contributed by atoms with van der Waals surface area (Å²) in [7, 11) is 0. The summed E-state index contributed by atoms with van der Waals surface area (Å²) in [6.07, 6.45) is 2.94. The van der Waals surface area contributed by atoms with Gasteiger partial charge in [-0.1, -0.05) is 30.3 Å². The van der Waals surface area contributed by atoms with Crippen LogP contribution < -0.4 is 9.64 Å². The molecule has 0 saturated heterocycles. The van der Waals surface area contributed by atoms with Crippen LogP contribution in [-0.4, -0.2) is 31.6 Å². The lowest BCUT2D eigenvalue weighted by molar-refractivity contribution is 0.0922.